The standard InChI is InChI=1S/C26H29ClN2O6S/c1-17(19-10-12-22(33-2)24(15-19)35-4)28-26(30)21(14-18-8-6-5-7-9-18)29-36(31,32)25-16-20(27)11-13-23(25)34-3/h5-13,15-17,21,29H,14H2,1-4H3,(H,28,30)/t17-,21+/m1/s1. The molecule has 3 rings (SSSR count). The largest absolute Gasteiger partial charge is 0.495 e. The van der Waals surface area contributed by atoms with Crippen LogP contribution in [0.15, 0.2) is 71.6 Å². The van der Waals surface area contributed by atoms with E-state index in [4.69, 9.17) is 25.8 Å². The molecule has 0 saturated carbocycles. The van der Waals surface area contributed by atoms with Gasteiger partial charge in [-0.3, -0.25) is 4.79 Å². The van der Waals surface area contributed by atoms with Gasteiger partial charge in [-0.15, -0.1) is 0 Å². The first-order valence-electron chi connectivity index (χ1n) is 11.1. The molecular formula is C26H29ClN2O6S. The summed E-state index contributed by atoms with van der Waals surface area (Å²) in [6.07, 6.45) is 0.132. The normalized spacial score (nSPS) is 12.9. The predicted molar refractivity (Wildman–Crippen MR) is 138 cm³/mol. The van der Waals surface area contributed by atoms with E-state index in [0.717, 1.165) is 11.1 Å². The van der Waals surface area contributed by atoms with E-state index in [2.05, 4.69) is 10.0 Å². The maximum absolute atomic E-state index is 13.4. The molecule has 3 aromatic carbocycles. The first-order valence-corrected chi connectivity index (χ1v) is 13.0. The number of ether oxygens (including phenoxy) is 3. The minimum absolute atomic E-state index is 0.115. The summed E-state index contributed by atoms with van der Waals surface area (Å²) in [4.78, 5) is 13.2. The molecule has 8 nitrogen and oxygen atoms in total. The van der Waals surface area contributed by atoms with Gasteiger partial charge >= 0.3 is 0 Å². The van der Waals surface area contributed by atoms with Crippen LogP contribution in [-0.2, 0) is 21.2 Å². The highest BCUT2D eigenvalue weighted by molar-refractivity contribution is 7.89. The van der Waals surface area contributed by atoms with Crippen LogP contribution in [0.25, 0.3) is 0 Å². The second-order valence-electron chi connectivity index (χ2n) is 8.00. The molecule has 192 valence electrons. The van der Waals surface area contributed by atoms with Gasteiger partial charge in [0.1, 0.15) is 16.7 Å². The van der Waals surface area contributed by atoms with Crippen LogP contribution < -0.4 is 24.2 Å². The molecule has 0 aliphatic rings. The Balaban J connectivity index is 1.89. The van der Waals surface area contributed by atoms with Crippen LogP contribution in [0.4, 0.5) is 0 Å². The molecule has 10 heteroatoms. The van der Waals surface area contributed by atoms with Gasteiger partial charge < -0.3 is 19.5 Å². The molecule has 0 aliphatic carbocycles. The molecule has 36 heavy (non-hydrogen) atoms. The van der Waals surface area contributed by atoms with E-state index in [1.165, 1.54) is 39.5 Å². The molecule has 2 atom stereocenters. The Morgan fingerprint density at radius 2 is 1.53 bits per heavy atom. The predicted octanol–water partition coefficient (Wildman–Crippen LogP) is 4.13. The SMILES string of the molecule is COc1ccc([C@@H](C)NC(=O)[C@H](Cc2ccccc2)NS(=O)(=O)c2cc(Cl)ccc2OC)cc1OC. The third kappa shape index (κ3) is 6.69. The van der Waals surface area contributed by atoms with Crippen molar-refractivity contribution >= 4 is 27.5 Å². The minimum Gasteiger partial charge on any atom is -0.495 e. The van der Waals surface area contributed by atoms with Crippen LogP contribution >= 0.6 is 11.6 Å². The number of sulfonamides is 1. The van der Waals surface area contributed by atoms with Crippen molar-refractivity contribution in [2.75, 3.05) is 21.3 Å². The Morgan fingerprint density at radius 3 is 2.17 bits per heavy atom. The zero-order valence-electron chi connectivity index (χ0n) is 20.4. The average molecular weight is 533 g/mol. The Labute approximate surface area is 216 Å². The van der Waals surface area contributed by atoms with Crippen molar-refractivity contribution in [2.45, 2.75) is 30.3 Å². The van der Waals surface area contributed by atoms with Gasteiger partial charge in [-0.25, -0.2) is 8.42 Å². The molecule has 3 aromatic rings. The van der Waals surface area contributed by atoms with Crippen molar-refractivity contribution in [2.24, 2.45) is 0 Å². The highest BCUT2D eigenvalue weighted by atomic mass is 35.5. The van der Waals surface area contributed by atoms with E-state index in [1.54, 1.807) is 25.1 Å². The van der Waals surface area contributed by atoms with Gasteiger partial charge in [0.05, 0.1) is 27.4 Å². The highest BCUT2D eigenvalue weighted by Gasteiger charge is 2.29. The van der Waals surface area contributed by atoms with Crippen LogP contribution in [0.3, 0.4) is 0 Å². The fraction of sp³-hybridized carbons (Fsp3) is 0.269. The summed E-state index contributed by atoms with van der Waals surface area (Å²) in [5.41, 5.74) is 1.55. The van der Waals surface area contributed by atoms with Crippen molar-refractivity contribution in [3.8, 4) is 17.2 Å². The maximum Gasteiger partial charge on any atom is 0.245 e. The topological polar surface area (TPSA) is 103 Å². The lowest BCUT2D eigenvalue weighted by atomic mass is 10.0. The van der Waals surface area contributed by atoms with E-state index < -0.39 is 28.0 Å². The second-order valence-corrected chi connectivity index (χ2v) is 10.1. The average Bonchev–Trinajstić information content (AvgIpc) is 2.88. The summed E-state index contributed by atoms with van der Waals surface area (Å²) >= 11 is 6.05. The Hall–Kier alpha value is -3.27. The van der Waals surface area contributed by atoms with E-state index in [0.29, 0.717) is 11.5 Å². The maximum atomic E-state index is 13.4. The number of amides is 1. The van der Waals surface area contributed by atoms with Crippen molar-refractivity contribution in [1.82, 2.24) is 10.0 Å². The van der Waals surface area contributed by atoms with E-state index in [-0.39, 0.29) is 22.1 Å². The monoisotopic (exact) mass is 532 g/mol. The van der Waals surface area contributed by atoms with Gasteiger partial charge in [-0.1, -0.05) is 48.0 Å². The molecule has 0 aromatic heterocycles. The van der Waals surface area contributed by atoms with Crippen LogP contribution in [0.2, 0.25) is 5.02 Å². The quantitative estimate of drug-likeness (QED) is 0.385. The summed E-state index contributed by atoms with van der Waals surface area (Å²) in [5.74, 6) is 0.700. The van der Waals surface area contributed by atoms with Gasteiger partial charge in [0.2, 0.25) is 15.9 Å². The zero-order chi connectivity index (χ0) is 26.3. The molecule has 0 fully saturated rings. The van der Waals surface area contributed by atoms with E-state index in [1.807, 2.05) is 30.3 Å². The Kier molecular flexibility index (Phi) is 9.19. The van der Waals surface area contributed by atoms with Gasteiger partial charge in [0, 0.05) is 5.02 Å². The van der Waals surface area contributed by atoms with Crippen LogP contribution in [0.5, 0.6) is 17.2 Å². The third-order valence-corrected chi connectivity index (χ3v) is 7.31. The number of rotatable bonds is 11. The van der Waals surface area contributed by atoms with E-state index >= 15 is 0 Å². The smallest absolute Gasteiger partial charge is 0.245 e. The summed E-state index contributed by atoms with van der Waals surface area (Å²) in [7, 11) is 0.263. The number of nitrogens with one attached hydrogen (secondary N) is 2. The molecule has 0 heterocycles. The number of carbonyl (C=O) groups is 1. The van der Waals surface area contributed by atoms with E-state index in [9.17, 15) is 13.2 Å². The first kappa shape index (κ1) is 27.3. The van der Waals surface area contributed by atoms with Gasteiger partial charge in [0.25, 0.3) is 0 Å². The van der Waals surface area contributed by atoms with Gasteiger partial charge in [-0.05, 0) is 54.8 Å². The lowest BCUT2D eigenvalue weighted by Crippen LogP contribution is -2.48. The van der Waals surface area contributed by atoms with Crippen molar-refractivity contribution in [3.63, 3.8) is 0 Å². The molecule has 0 saturated heterocycles. The highest BCUT2D eigenvalue weighted by Crippen LogP contribution is 2.30. The molecule has 0 radical (unpaired) electrons. The van der Waals surface area contributed by atoms with Crippen LogP contribution in [0.1, 0.15) is 24.1 Å². The Bertz CT molecular complexity index is 1300. The van der Waals surface area contributed by atoms with Gasteiger partial charge in [0.15, 0.2) is 11.5 Å². The van der Waals surface area contributed by atoms with Crippen molar-refractivity contribution in [1.29, 1.82) is 0 Å². The lowest BCUT2D eigenvalue weighted by Gasteiger charge is -2.23. The molecule has 0 unspecified atom stereocenters. The summed E-state index contributed by atoms with van der Waals surface area (Å²) in [6.45, 7) is 1.80. The Morgan fingerprint density at radius 1 is 0.889 bits per heavy atom. The van der Waals surface area contributed by atoms with Gasteiger partial charge in [-0.2, -0.15) is 4.72 Å². The molecule has 0 aliphatic heterocycles. The second kappa shape index (κ2) is 12.1. The number of carbonyl (C=O) groups excluding carboxylic acids is 1. The molecule has 1 amide bonds. The van der Waals surface area contributed by atoms with Crippen molar-refractivity contribution < 1.29 is 27.4 Å². The number of halogens is 1. The lowest BCUT2D eigenvalue weighted by molar-refractivity contribution is -0.123. The first-order chi connectivity index (χ1) is 17.2. The fourth-order valence-electron chi connectivity index (χ4n) is 3.67. The molecule has 0 spiro atoms. The molecule has 0 bridgehead atoms. The number of hydrogen-bond acceptors (Lipinski definition) is 6. The molecular weight excluding hydrogens is 504 g/mol. The fourth-order valence-corrected chi connectivity index (χ4v) is 5.30. The summed E-state index contributed by atoms with van der Waals surface area (Å²) in [5, 5.41) is 3.12. The number of benzene rings is 3. The summed E-state index contributed by atoms with van der Waals surface area (Å²) in [6, 6.07) is 17.2. The van der Waals surface area contributed by atoms with Crippen LogP contribution in [-0.4, -0.2) is 41.7 Å². The number of methoxy groups -OCH3 is 3. The third-order valence-electron chi connectivity index (χ3n) is 5.58. The zero-order valence-corrected chi connectivity index (χ0v) is 22.0. The minimum atomic E-state index is -4.17. The summed E-state index contributed by atoms with van der Waals surface area (Å²) < 4.78 is 45.0. The molecule has 2 N–H and O–H groups in total. The van der Waals surface area contributed by atoms with Crippen molar-refractivity contribution in [3.05, 3.63) is 82.9 Å². The van der Waals surface area contributed by atoms with Crippen LogP contribution in [0, 0.1) is 0 Å². The number of hydrogen-bond donors (Lipinski definition) is 2.